The normalized spacial score (nSPS) is 12.5. The zero-order valence-electron chi connectivity index (χ0n) is 15.2. The monoisotopic (exact) mass is 371 g/mol. The molecular weight excluding hydrogens is 346 g/mol. The van der Waals surface area contributed by atoms with Crippen molar-refractivity contribution in [3.05, 3.63) is 77.9 Å². The molecule has 0 saturated heterocycles. The third-order valence-electron chi connectivity index (χ3n) is 4.22. The molecule has 2 aromatic carbocycles. The van der Waals surface area contributed by atoms with Gasteiger partial charge in [0.05, 0.1) is 10.9 Å². The molecule has 0 spiro atoms. The van der Waals surface area contributed by atoms with Crippen molar-refractivity contribution in [2.75, 3.05) is 0 Å². The zero-order valence-corrected chi connectivity index (χ0v) is 16.1. The Morgan fingerprint density at radius 1 is 1.08 bits per heavy atom. The molecule has 138 valence electrons. The van der Waals surface area contributed by atoms with Crippen LogP contribution in [0.15, 0.2) is 71.6 Å². The number of aryl methyl sites for hydroxylation is 1. The molecule has 2 aromatic rings. The molecule has 0 aliphatic carbocycles. The Morgan fingerprint density at radius 2 is 1.69 bits per heavy atom. The van der Waals surface area contributed by atoms with Crippen molar-refractivity contribution >= 4 is 15.8 Å². The number of Topliss-reactive ketones (excluding diaryl/α,β-unsaturated/α-hetero) is 1. The van der Waals surface area contributed by atoms with Crippen LogP contribution in [-0.4, -0.2) is 20.2 Å². The summed E-state index contributed by atoms with van der Waals surface area (Å²) in [5.74, 6) is -0.238. The molecule has 1 unspecified atom stereocenters. The van der Waals surface area contributed by atoms with Crippen molar-refractivity contribution in [1.82, 2.24) is 4.72 Å². The second-order valence-electron chi connectivity index (χ2n) is 6.35. The van der Waals surface area contributed by atoms with Gasteiger partial charge < -0.3 is 0 Å². The molecule has 1 N–H and O–H groups in total. The van der Waals surface area contributed by atoms with Gasteiger partial charge in [0.25, 0.3) is 0 Å². The minimum Gasteiger partial charge on any atom is -0.289 e. The van der Waals surface area contributed by atoms with Gasteiger partial charge in [-0.2, -0.15) is 0 Å². The van der Waals surface area contributed by atoms with Gasteiger partial charge in [-0.3, -0.25) is 4.79 Å². The van der Waals surface area contributed by atoms with Gasteiger partial charge in [-0.25, -0.2) is 13.1 Å². The summed E-state index contributed by atoms with van der Waals surface area (Å²) >= 11 is 0. The lowest BCUT2D eigenvalue weighted by Gasteiger charge is -2.20. The number of carbonyl (C=O) groups excluding carboxylic acids is 1. The van der Waals surface area contributed by atoms with Crippen LogP contribution in [0, 0.1) is 6.92 Å². The van der Waals surface area contributed by atoms with Crippen LogP contribution in [0.25, 0.3) is 0 Å². The Morgan fingerprint density at radius 3 is 2.27 bits per heavy atom. The summed E-state index contributed by atoms with van der Waals surface area (Å²) in [5, 5.41) is 0. The predicted octanol–water partition coefficient (Wildman–Crippen LogP) is 4.27. The number of rotatable bonds is 9. The highest BCUT2D eigenvalue weighted by atomic mass is 32.2. The molecule has 0 amide bonds. The van der Waals surface area contributed by atoms with Gasteiger partial charge in [0.2, 0.25) is 10.0 Å². The van der Waals surface area contributed by atoms with E-state index in [1.807, 2.05) is 19.9 Å². The SMILES string of the molecule is C=C(C(=O)c1ccccc1)C(CCCC)NS(=O)(=O)c1ccc(C)cc1. The second kappa shape index (κ2) is 8.92. The van der Waals surface area contributed by atoms with Crippen molar-refractivity contribution in [2.24, 2.45) is 0 Å². The van der Waals surface area contributed by atoms with Crippen molar-refractivity contribution in [3.63, 3.8) is 0 Å². The molecule has 0 aliphatic heterocycles. The molecule has 26 heavy (non-hydrogen) atoms. The Balaban J connectivity index is 2.25. The fourth-order valence-electron chi connectivity index (χ4n) is 2.62. The molecule has 0 radical (unpaired) electrons. The van der Waals surface area contributed by atoms with Crippen LogP contribution < -0.4 is 4.72 Å². The third kappa shape index (κ3) is 5.13. The van der Waals surface area contributed by atoms with Crippen molar-refractivity contribution in [2.45, 2.75) is 44.0 Å². The van der Waals surface area contributed by atoms with Crippen LogP contribution >= 0.6 is 0 Å². The van der Waals surface area contributed by atoms with Crippen LogP contribution in [0.3, 0.4) is 0 Å². The summed E-state index contributed by atoms with van der Waals surface area (Å²) in [6, 6.07) is 14.8. The Bertz CT molecular complexity index is 856. The van der Waals surface area contributed by atoms with Gasteiger partial charge in [-0.05, 0) is 25.5 Å². The first kappa shape index (κ1) is 20.1. The highest BCUT2D eigenvalue weighted by Gasteiger charge is 2.25. The average molecular weight is 372 g/mol. The van der Waals surface area contributed by atoms with E-state index in [0.29, 0.717) is 12.0 Å². The summed E-state index contributed by atoms with van der Waals surface area (Å²) in [4.78, 5) is 12.9. The van der Waals surface area contributed by atoms with E-state index in [-0.39, 0.29) is 16.3 Å². The Kier molecular flexibility index (Phi) is 6.89. The summed E-state index contributed by atoms with van der Waals surface area (Å²) in [5.41, 5.74) is 1.75. The molecule has 1 atom stereocenters. The number of ketones is 1. The van der Waals surface area contributed by atoms with Crippen LogP contribution in [0.1, 0.15) is 42.1 Å². The lowest BCUT2D eigenvalue weighted by atomic mass is 9.96. The lowest BCUT2D eigenvalue weighted by molar-refractivity contribution is 0.102. The molecule has 2 rings (SSSR count). The van der Waals surface area contributed by atoms with Crippen LogP contribution in [0.5, 0.6) is 0 Å². The summed E-state index contributed by atoms with van der Waals surface area (Å²) < 4.78 is 28.1. The van der Waals surface area contributed by atoms with Crippen LogP contribution in [0.2, 0.25) is 0 Å². The minimum absolute atomic E-state index is 0.185. The number of unbranched alkanes of at least 4 members (excludes halogenated alkanes) is 1. The Labute approximate surface area is 156 Å². The summed E-state index contributed by atoms with van der Waals surface area (Å²) in [6.07, 6.45) is 2.22. The molecule has 4 nitrogen and oxygen atoms in total. The first-order valence-corrected chi connectivity index (χ1v) is 10.2. The highest BCUT2D eigenvalue weighted by molar-refractivity contribution is 7.89. The fraction of sp³-hybridized carbons (Fsp3) is 0.286. The van der Waals surface area contributed by atoms with Crippen LogP contribution in [-0.2, 0) is 10.0 Å². The topological polar surface area (TPSA) is 63.2 Å². The fourth-order valence-corrected chi connectivity index (χ4v) is 3.88. The molecule has 0 aromatic heterocycles. The van der Waals surface area contributed by atoms with E-state index in [4.69, 9.17) is 0 Å². The van der Waals surface area contributed by atoms with E-state index >= 15 is 0 Å². The van der Waals surface area contributed by atoms with Gasteiger partial charge in [-0.15, -0.1) is 0 Å². The third-order valence-corrected chi connectivity index (χ3v) is 5.71. The van der Waals surface area contributed by atoms with Crippen LogP contribution in [0.4, 0.5) is 0 Å². The van der Waals surface area contributed by atoms with Gasteiger partial charge in [0.1, 0.15) is 0 Å². The standard InChI is InChI=1S/C21H25NO3S/c1-4-5-11-20(17(3)21(23)18-9-7-6-8-10-18)22-26(24,25)19-14-12-16(2)13-15-19/h6-10,12-15,20,22H,3-5,11H2,1-2H3. The van der Waals surface area contributed by atoms with E-state index in [0.717, 1.165) is 18.4 Å². The van der Waals surface area contributed by atoms with Crippen molar-refractivity contribution < 1.29 is 13.2 Å². The van der Waals surface area contributed by atoms with E-state index in [1.165, 1.54) is 0 Å². The van der Waals surface area contributed by atoms with Crippen molar-refractivity contribution in [3.8, 4) is 0 Å². The maximum atomic E-state index is 12.7. The van der Waals surface area contributed by atoms with Gasteiger partial charge in [0, 0.05) is 11.1 Å². The minimum atomic E-state index is -3.73. The van der Waals surface area contributed by atoms with E-state index in [1.54, 1.807) is 48.5 Å². The number of hydrogen-bond acceptors (Lipinski definition) is 3. The summed E-state index contributed by atoms with van der Waals surface area (Å²) in [7, 11) is -3.73. The highest BCUT2D eigenvalue weighted by Crippen LogP contribution is 2.18. The first-order chi connectivity index (χ1) is 12.3. The maximum Gasteiger partial charge on any atom is 0.241 e. The second-order valence-corrected chi connectivity index (χ2v) is 8.06. The number of nitrogens with one attached hydrogen (secondary N) is 1. The molecule has 5 heteroatoms. The quantitative estimate of drug-likeness (QED) is 0.529. The van der Waals surface area contributed by atoms with E-state index in [2.05, 4.69) is 11.3 Å². The molecule has 0 aliphatic rings. The average Bonchev–Trinajstić information content (AvgIpc) is 2.65. The molecule has 0 bridgehead atoms. The lowest BCUT2D eigenvalue weighted by Crippen LogP contribution is -2.38. The number of benzene rings is 2. The van der Waals surface area contributed by atoms with E-state index < -0.39 is 16.1 Å². The zero-order chi connectivity index (χ0) is 19.2. The number of hydrogen-bond donors (Lipinski definition) is 1. The Hall–Kier alpha value is -2.24. The number of carbonyl (C=O) groups is 1. The molecular formula is C21H25NO3S. The molecule has 0 saturated carbocycles. The molecule has 0 heterocycles. The smallest absolute Gasteiger partial charge is 0.241 e. The predicted molar refractivity (Wildman–Crippen MR) is 105 cm³/mol. The molecule has 0 fully saturated rings. The van der Waals surface area contributed by atoms with Gasteiger partial charge in [-0.1, -0.05) is 74.4 Å². The number of sulfonamides is 1. The van der Waals surface area contributed by atoms with Gasteiger partial charge in [0.15, 0.2) is 5.78 Å². The first-order valence-electron chi connectivity index (χ1n) is 8.72. The maximum absolute atomic E-state index is 12.7. The van der Waals surface area contributed by atoms with E-state index in [9.17, 15) is 13.2 Å². The van der Waals surface area contributed by atoms with Gasteiger partial charge >= 0.3 is 0 Å². The summed E-state index contributed by atoms with van der Waals surface area (Å²) in [6.45, 7) is 7.82. The van der Waals surface area contributed by atoms with Crippen molar-refractivity contribution in [1.29, 1.82) is 0 Å². The largest absolute Gasteiger partial charge is 0.289 e.